The van der Waals surface area contributed by atoms with Gasteiger partial charge in [-0.1, -0.05) is 147 Å². The molecular formula is C43H76O6. The van der Waals surface area contributed by atoms with Crippen molar-refractivity contribution in [2.75, 3.05) is 13.2 Å². The van der Waals surface area contributed by atoms with Gasteiger partial charge in [0.2, 0.25) is 0 Å². The molecule has 0 N–H and O–H groups in total. The Labute approximate surface area is 302 Å². The van der Waals surface area contributed by atoms with Crippen molar-refractivity contribution in [3.05, 3.63) is 36.5 Å². The van der Waals surface area contributed by atoms with Gasteiger partial charge in [0, 0.05) is 19.3 Å². The third kappa shape index (κ3) is 36.7. The summed E-state index contributed by atoms with van der Waals surface area (Å²) in [5.41, 5.74) is 0. The van der Waals surface area contributed by atoms with E-state index in [9.17, 15) is 14.4 Å². The Morgan fingerprint density at radius 1 is 0.429 bits per heavy atom. The van der Waals surface area contributed by atoms with Crippen molar-refractivity contribution in [2.24, 2.45) is 0 Å². The van der Waals surface area contributed by atoms with Gasteiger partial charge in [-0.15, -0.1) is 0 Å². The molecule has 0 radical (unpaired) electrons. The summed E-state index contributed by atoms with van der Waals surface area (Å²) in [6, 6.07) is 0. The SMILES string of the molecule is CC/C=C\C/C=C\CCCCC(=O)OCC(COC(=O)CCCCCCC/C=C\CCCCC)OC(=O)CCCCCCCCCCCC. The zero-order valence-electron chi connectivity index (χ0n) is 32.2. The molecule has 0 spiro atoms. The minimum Gasteiger partial charge on any atom is -0.462 e. The lowest BCUT2D eigenvalue weighted by atomic mass is 10.1. The summed E-state index contributed by atoms with van der Waals surface area (Å²) in [7, 11) is 0. The molecule has 0 amide bonds. The lowest BCUT2D eigenvalue weighted by Crippen LogP contribution is -2.30. The monoisotopic (exact) mass is 689 g/mol. The van der Waals surface area contributed by atoms with Crippen LogP contribution in [0, 0.1) is 0 Å². The summed E-state index contributed by atoms with van der Waals surface area (Å²) in [6.07, 6.45) is 41.4. The molecule has 0 aromatic rings. The number of carbonyl (C=O) groups excluding carboxylic acids is 3. The minimum absolute atomic E-state index is 0.0856. The fraction of sp³-hybridized carbons (Fsp3) is 0.791. The predicted octanol–water partition coefficient (Wildman–Crippen LogP) is 12.6. The first kappa shape index (κ1) is 46.6. The number of rotatable bonds is 36. The van der Waals surface area contributed by atoms with Crippen LogP contribution in [-0.2, 0) is 28.6 Å². The molecule has 0 aromatic carbocycles. The quantitative estimate of drug-likeness (QED) is 0.0282. The summed E-state index contributed by atoms with van der Waals surface area (Å²) in [4.78, 5) is 37.4. The number of unbranched alkanes of at least 4 members (excludes halogenated alkanes) is 19. The number of ether oxygens (including phenoxy) is 3. The van der Waals surface area contributed by atoms with Crippen molar-refractivity contribution in [3.8, 4) is 0 Å². The minimum atomic E-state index is -0.780. The highest BCUT2D eigenvalue weighted by molar-refractivity contribution is 5.71. The van der Waals surface area contributed by atoms with E-state index in [4.69, 9.17) is 14.2 Å². The zero-order chi connectivity index (χ0) is 35.9. The van der Waals surface area contributed by atoms with Gasteiger partial charge >= 0.3 is 17.9 Å². The van der Waals surface area contributed by atoms with Crippen LogP contribution in [0.2, 0.25) is 0 Å². The number of hydrogen-bond acceptors (Lipinski definition) is 6. The molecule has 0 heterocycles. The average molecular weight is 689 g/mol. The highest BCUT2D eigenvalue weighted by Gasteiger charge is 2.19. The van der Waals surface area contributed by atoms with Gasteiger partial charge in [-0.05, 0) is 70.6 Å². The van der Waals surface area contributed by atoms with E-state index in [0.717, 1.165) is 77.0 Å². The molecule has 0 bridgehead atoms. The van der Waals surface area contributed by atoms with Crippen molar-refractivity contribution < 1.29 is 28.6 Å². The van der Waals surface area contributed by atoms with Crippen molar-refractivity contribution in [2.45, 2.75) is 207 Å². The van der Waals surface area contributed by atoms with Crippen LogP contribution < -0.4 is 0 Å². The van der Waals surface area contributed by atoms with Crippen molar-refractivity contribution in [1.82, 2.24) is 0 Å². The Morgan fingerprint density at radius 2 is 0.796 bits per heavy atom. The standard InChI is InChI=1S/C43H76O6/c1-4-7-10-13-16-19-21-22-25-27-30-33-36-42(45)48-39-40(38-47-41(44)35-32-29-26-23-18-15-12-9-6-3)49-43(46)37-34-31-28-24-20-17-14-11-8-5-2/h9,12,16,18-19,23,40H,4-8,10-11,13-15,17,20-22,24-39H2,1-3H3/b12-9-,19-16-,23-18-. The van der Waals surface area contributed by atoms with Crippen LogP contribution in [0.3, 0.4) is 0 Å². The van der Waals surface area contributed by atoms with Crippen LogP contribution in [0.25, 0.3) is 0 Å². The largest absolute Gasteiger partial charge is 0.462 e. The van der Waals surface area contributed by atoms with Gasteiger partial charge in [-0.2, -0.15) is 0 Å². The second-order valence-corrected chi connectivity index (χ2v) is 13.5. The molecule has 0 aromatic heterocycles. The van der Waals surface area contributed by atoms with Crippen LogP contribution in [0.4, 0.5) is 0 Å². The number of esters is 3. The fourth-order valence-electron chi connectivity index (χ4n) is 5.53. The molecule has 0 aliphatic heterocycles. The van der Waals surface area contributed by atoms with Gasteiger partial charge in [0.25, 0.3) is 0 Å². The first-order chi connectivity index (χ1) is 24.0. The molecule has 0 saturated heterocycles. The second-order valence-electron chi connectivity index (χ2n) is 13.5. The maximum Gasteiger partial charge on any atom is 0.306 e. The first-order valence-corrected chi connectivity index (χ1v) is 20.5. The summed E-state index contributed by atoms with van der Waals surface area (Å²) < 4.78 is 16.6. The molecule has 0 fully saturated rings. The van der Waals surface area contributed by atoms with E-state index in [1.165, 1.54) is 83.5 Å². The van der Waals surface area contributed by atoms with Gasteiger partial charge in [0.05, 0.1) is 0 Å². The Bertz CT molecular complexity index is 845. The summed E-state index contributed by atoms with van der Waals surface area (Å²) in [6.45, 7) is 6.41. The smallest absolute Gasteiger partial charge is 0.306 e. The van der Waals surface area contributed by atoms with E-state index in [1.807, 2.05) is 0 Å². The van der Waals surface area contributed by atoms with Crippen LogP contribution in [-0.4, -0.2) is 37.2 Å². The lowest BCUT2D eigenvalue weighted by molar-refractivity contribution is -0.167. The van der Waals surface area contributed by atoms with Crippen LogP contribution in [0.15, 0.2) is 36.5 Å². The van der Waals surface area contributed by atoms with E-state index in [1.54, 1.807) is 0 Å². The Balaban J connectivity index is 4.40. The topological polar surface area (TPSA) is 78.9 Å². The zero-order valence-corrected chi connectivity index (χ0v) is 32.2. The predicted molar refractivity (Wildman–Crippen MR) is 206 cm³/mol. The Morgan fingerprint density at radius 3 is 1.33 bits per heavy atom. The number of hydrogen-bond donors (Lipinski definition) is 0. The van der Waals surface area contributed by atoms with Crippen molar-refractivity contribution >= 4 is 17.9 Å². The van der Waals surface area contributed by atoms with Crippen LogP contribution in [0.1, 0.15) is 201 Å². The van der Waals surface area contributed by atoms with E-state index >= 15 is 0 Å². The molecule has 6 heteroatoms. The third-order valence-corrected chi connectivity index (χ3v) is 8.63. The average Bonchev–Trinajstić information content (AvgIpc) is 3.10. The third-order valence-electron chi connectivity index (χ3n) is 8.63. The molecule has 0 aliphatic rings. The summed E-state index contributed by atoms with van der Waals surface area (Å²) in [5.74, 6) is -0.938. The lowest BCUT2D eigenvalue weighted by Gasteiger charge is -2.18. The molecule has 0 aliphatic carbocycles. The number of carbonyl (C=O) groups is 3. The molecule has 6 nitrogen and oxygen atoms in total. The van der Waals surface area contributed by atoms with Gasteiger partial charge in [0.15, 0.2) is 6.10 Å². The molecule has 0 rings (SSSR count). The van der Waals surface area contributed by atoms with Crippen LogP contribution in [0.5, 0.6) is 0 Å². The van der Waals surface area contributed by atoms with E-state index in [2.05, 4.69) is 57.2 Å². The van der Waals surface area contributed by atoms with Gasteiger partial charge in [-0.3, -0.25) is 14.4 Å². The Hall–Kier alpha value is -2.37. The normalized spacial score (nSPS) is 12.3. The van der Waals surface area contributed by atoms with E-state index < -0.39 is 6.10 Å². The fourth-order valence-corrected chi connectivity index (χ4v) is 5.53. The first-order valence-electron chi connectivity index (χ1n) is 20.5. The second kappa shape index (κ2) is 38.4. The summed E-state index contributed by atoms with van der Waals surface area (Å²) in [5, 5.41) is 0. The molecule has 49 heavy (non-hydrogen) atoms. The molecule has 1 atom stereocenters. The van der Waals surface area contributed by atoms with E-state index in [0.29, 0.717) is 19.3 Å². The van der Waals surface area contributed by atoms with Gasteiger partial charge in [-0.25, -0.2) is 0 Å². The maximum absolute atomic E-state index is 12.6. The molecule has 0 saturated carbocycles. The molecular weight excluding hydrogens is 612 g/mol. The summed E-state index contributed by atoms with van der Waals surface area (Å²) >= 11 is 0. The highest BCUT2D eigenvalue weighted by atomic mass is 16.6. The highest BCUT2D eigenvalue weighted by Crippen LogP contribution is 2.13. The molecule has 1 unspecified atom stereocenters. The Kier molecular flexibility index (Phi) is 36.6. The maximum atomic E-state index is 12.6. The van der Waals surface area contributed by atoms with E-state index in [-0.39, 0.29) is 31.1 Å². The number of allylic oxidation sites excluding steroid dienone is 6. The van der Waals surface area contributed by atoms with Crippen molar-refractivity contribution in [1.29, 1.82) is 0 Å². The molecule has 284 valence electrons. The van der Waals surface area contributed by atoms with Crippen LogP contribution >= 0.6 is 0 Å². The van der Waals surface area contributed by atoms with Gasteiger partial charge in [0.1, 0.15) is 13.2 Å². The van der Waals surface area contributed by atoms with Crippen molar-refractivity contribution in [3.63, 3.8) is 0 Å². The van der Waals surface area contributed by atoms with Gasteiger partial charge < -0.3 is 14.2 Å².